The summed E-state index contributed by atoms with van der Waals surface area (Å²) < 4.78 is 42.3. The molecule has 2 aromatic rings. The van der Waals surface area contributed by atoms with E-state index in [1.165, 1.54) is 31.4 Å². The van der Waals surface area contributed by atoms with E-state index in [2.05, 4.69) is 4.98 Å². The van der Waals surface area contributed by atoms with Gasteiger partial charge < -0.3 is 9.84 Å². The monoisotopic (exact) mass is 297 g/mol. The first-order valence-electron chi connectivity index (χ1n) is 5.79. The number of hydrogen-bond acceptors (Lipinski definition) is 3. The van der Waals surface area contributed by atoms with Crippen molar-refractivity contribution in [1.29, 1.82) is 0 Å². The number of alkyl halides is 3. The first kappa shape index (κ1) is 14.8. The van der Waals surface area contributed by atoms with Crippen molar-refractivity contribution in [3.63, 3.8) is 0 Å². The maximum atomic E-state index is 12.5. The van der Waals surface area contributed by atoms with Gasteiger partial charge in [0.2, 0.25) is 5.88 Å². The molecule has 0 aliphatic carbocycles. The summed E-state index contributed by atoms with van der Waals surface area (Å²) in [6.45, 7) is 0. The Labute approximate surface area is 117 Å². The van der Waals surface area contributed by atoms with Crippen LogP contribution in [0.5, 0.6) is 5.88 Å². The molecular formula is C14H10F3NO3. The second kappa shape index (κ2) is 5.43. The van der Waals surface area contributed by atoms with Gasteiger partial charge in [0.1, 0.15) is 5.56 Å². The summed E-state index contributed by atoms with van der Waals surface area (Å²) in [5.74, 6) is -1.29. The van der Waals surface area contributed by atoms with E-state index in [4.69, 9.17) is 9.84 Å². The normalized spacial score (nSPS) is 11.2. The molecule has 110 valence electrons. The zero-order chi connectivity index (χ0) is 15.6. The molecule has 4 nitrogen and oxygen atoms in total. The smallest absolute Gasteiger partial charge is 0.416 e. The number of carbonyl (C=O) groups is 1. The van der Waals surface area contributed by atoms with Crippen LogP contribution < -0.4 is 4.74 Å². The molecule has 0 aliphatic rings. The minimum absolute atomic E-state index is 0.0973. The van der Waals surface area contributed by atoms with Crippen LogP contribution in [0.25, 0.3) is 11.3 Å². The SMILES string of the molecule is COc1nc(-c2ccc(C(F)(F)F)cc2)ccc1C(=O)O. The number of pyridine rings is 1. The van der Waals surface area contributed by atoms with Crippen molar-refractivity contribution in [3.8, 4) is 17.1 Å². The van der Waals surface area contributed by atoms with E-state index in [1.54, 1.807) is 0 Å². The molecule has 21 heavy (non-hydrogen) atoms. The van der Waals surface area contributed by atoms with Gasteiger partial charge in [-0.3, -0.25) is 0 Å². The Morgan fingerprint density at radius 2 is 1.76 bits per heavy atom. The predicted molar refractivity (Wildman–Crippen MR) is 68.2 cm³/mol. The van der Waals surface area contributed by atoms with Crippen LogP contribution in [0.2, 0.25) is 0 Å². The Morgan fingerprint density at radius 3 is 2.24 bits per heavy atom. The van der Waals surface area contributed by atoms with Gasteiger partial charge in [0.25, 0.3) is 0 Å². The molecule has 0 unspecified atom stereocenters. The number of carboxylic acids is 1. The summed E-state index contributed by atoms with van der Waals surface area (Å²) in [4.78, 5) is 14.9. The Balaban J connectivity index is 2.41. The third kappa shape index (κ3) is 3.13. The molecule has 2 rings (SSSR count). The summed E-state index contributed by atoms with van der Waals surface area (Å²) in [5, 5.41) is 8.94. The van der Waals surface area contributed by atoms with Gasteiger partial charge in [-0.1, -0.05) is 12.1 Å². The third-order valence-corrected chi connectivity index (χ3v) is 2.79. The number of aromatic carboxylic acids is 1. The fraction of sp³-hybridized carbons (Fsp3) is 0.143. The Morgan fingerprint density at radius 1 is 1.14 bits per heavy atom. The zero-order valence-electron chi connectivity index (χ0n) is 10.8. The number of benzene rings is 1. The summed E-state index contributed by atoms with van der Waals surface area (Å²) in [6.07, 6.45) is -4.41. The Bertz CT molecular complexity index is 666. The molecule has 0 radical (unpaired) electrons. The van der Waals surface area contributed by atoms with E-state index in [9.17, 15) is 18.0 Å². The van der Waals surface area contributed by atoms with Crippen molar-refractivity contribution in [2.75, 3.05) is 7.11 Å². The number of rotatable bonds is 3. The van der Waals surface area contributed by atoms with E-state index < -0.39 is 17.7 Å². The standard InChI is InChI=1S/C14H10F3NO3/c1-21-12-10(13(19)20)6-7-11(18-12)8-2-4-9(5-3-8)14(15,16)17/h2-7H,1H3,(H,19,20). The largest absolute Gasteiger partial charge is 0.480 e. The van der Waals surface area contributed by atoms with Crippen molar-refractivity contribution in [2.45, 2.75) is 6.18 Å². The number of aromatic nitrogens is 1. The highest BCUT2D eigenvalue weighted by Gasteiger charge is 2.30. The van der Waals surface area contributed by atoms with Gasteiger partial charge in [-0.05, 0) is 24.3 Å². The first-order valence-corrected chi connectivity index (χ1v) is 5.79. The van der Waals surface area contributed by atoms with Gasteiger partial charge in [-0.15, -0.1) is 0 Å². The van der Waals surface area contributed by atoms with Gasteiger partial charge in [-0.2, -0.15) is 13.2 Å². The number of hydrogen-bond donors (Lipinski definition) is 1. The zero-order valence-corrected chi connectivity index (χ0v) is 10.8. The van der Waals surface area contributed by atoms with Gasteiger partial charge >= 0.3 is 12.1 Å². The molecule has 7 heteroatoms. The van der Waals surface area contributed by atoms with Crippen LogP contribution in [-0.4, -0.2) is 23.2 Å². The van der Waals surface area contributed by atoms with Gasteiger partial charge in [-0.25, -0.2) is 9.78 Å². The Kier molecular flexibility index (Phi) is 3.84. The summed E-state index contributed by atoms with van der Waals surface area (Å²) in [7, 11) is 1.27. The van der Waals surface area contributed by atoms with E-state index in [0.29, 0.717) is 11.3 Å². The van der Waals surface area contributed by atoms with Gasteiger partial charge in [0.15, 0.2) is 0 Å². The average Bonchev–Trinajstić information content (AvgIpc) is 2.45. The van der Waals surface area contributed by atoms with Crippen molar-refractivity contribution in [2.24, 2.45) is 0 Å². The van der Waals surface area contributed by atoms with Crippen LogP contribution in [0, 0.1) is 0 Å². The van der Waals surface area contributed by atoms with E-state index in [-0.39, 0.29) is 11.4 Å². The summed E-state index contributed by atoms with van der Waals surface area (Å²) in [5.41, 5.74) is -0.127. The first-order chi connectivity index (χ1) is 9.82. The van der Waals surface area contributed by atoms with Crippen molar-refractivity contribution in [1.82, 2.24) is 4.98 Å². The van der Waals surface area contributed by atoms with Gasteiger partial charge in [0, 0.05) is 5.56 Å². The van der Waals surface area contributed by atoms with E-state index in [1.807, 2.05) is 0 Å². The second-order valence-corrected chi connectivity index (χ2v) is 4.13. The average molecular weight is 297 g/mol. The van der Waals surface area contributed by atoms with Crippen molar-refractivity contribution in [3.05, 3.63) is 47.5 Å². The topological polar surface area (TPSA) is 59.4 Å². The van der Waals surface area contributed by atoms with Crippen molar-refractivity contribution < 1.29 is 27.8 Å². The number of methoxy groups -OCH3 is 1. The molecule has 1 heterocycles. The summed E-state index contributed by atoms with van der Waals surface area (Å²) >= 11 is 0. The molecule has 0 saturated carbocycles. The molecule has 0 aliphatic heterocycles. The molecule has 0 saturated heterocycles. The molecule has 0 fully saturated rings. The fourth-order valence-electron chi connectivity index (χ4n) is 1.75. The van der Waals surface area contributed by atoms with Crippen LogP contribution in [0.15, 0.2) is 36.4 Å². The lowest BCUT2D eigenvalue weighted by Gasteiger charge is -2.09. The van der Waals surface area contributed by atoms with Gasteiger partial charge in [0.05, 0.1) is 18.4 Å². The number of halogens is 3. The van der Waals surface area contributed by atoms with E-state index >= 15 is 0 Å². The van der Waals surface area contributed by atoms with Crippen LogP contribution in [-0.2, 0) is 6.18 Å². The molecule has 0 bridgehead atoms. The second-order valence-electron chi connectivity index (χ2n) is 4.13. The third-order valence-electron chi connectivity index (χ3n) is 2.79. The number of nitrogens with zero attached hydrogens (tertiary/aromatic N) is 1. The minimum atomic E-state index is -4.41. The number of ether oxygens (including phenoxy) is 1. The molecule has 0 spiro atoms. The molecule has 0 atom stereocenters. The van der Waals surface area contributed by atoms with E-state index in [0.717, 1.165) is 12.1 Å². The lowest BCUT2D eigenvalue weighted by atomic mass is 10.1. The quantitative estimate of drug-likeness (QED) is 0.942. The van der Waals surface area contributed by atoms with Crippen molar-refractivity contribution >= 4 is 5.97 Å². The van der Waals surface area contributed by atoms with Crippen LogP contribution in [0.3, 0.4) is 0 Å². The van der Waals surface area contributed by atoms with Crippen LogP contribution in [0.1, 0.15) is 15.9 Å². The Hall–Kier alpha value is -2.57. The fourth-order valence-corrected chi connectivity index (χ4v) is 1.75. The highest BCUT2D eigenvalue weighted by atomic mass is 19.4. The molecule has 1 N–H and O–H groups in total. The maximum Gasteiger partial charge on any atom is 0.416 e. The molecule has 1 aromatic carbocycles. The maximum absolute atomic E-state index is 12.5. The molecular weight excluding hydrogens is 287 g/mol. The lowest BCUT2D eigenvalue weighted by molar-refractivity contribution is -0.137. The molecule has 0 amide bonds. The summed E-state index contributed by atoms with van der Waals surface area (Å²) in [6, 6.07) is 7.12. The molecule has 1 aromatic heterocycles. The number of carboxylic acid groups (broad SMARTS) is 1. The van der Waals surface area contributed by atoms with Crippen LogP contribution >= 0.6 is 0 Å². The highest BCUT2D eigenvalue weighted by molar-refractivity contribution is 5.90. The predicted octanol–water partition coefficient (Wildman–Crippen LogP) is 3.47. The highest BCUT2D eigenvalue weighted by Crippen LogP contribution is 2.31. The van der Waals surface area contributed by atoms with Crippen LogP contribution in [0.4, 0.5) is 13.2 Å². The minimum Gasteiger partial charge on any atom is -0.480 e. The lowest BCUT2D eigenvalue weighted by Crippen LogP contribution is -2.05.